The highest BCUT2D eigenvalue weighted by atomic mass is 19.1. The molecular weight excluding hydrogens is 297 g/mol. The van der Waals surface area contributed by atoms with Gasteiger partial charge < -0.3 is 4.74 Å². The lowest BCUT2D eigenvalue weighted by atomic mass is 10.1. The van der Waals surface area contributed by atoms with Crippen molar-refractivity contribution >= 4 is 17.7 Å². The highest BCUT2D eigenvalue weighted by molar-refractivity contribution is 5.95. The maximum Gasteiger partial charge on any atom is 0.414 e. The first-order chi connectivity index (χ1) is 10.6. The zero-order valence-electron chi connectivity index (χ0n) is 11.5. The van der Waals surface area contributed by atoms with Crippen LogP contribution in [-0.2, 0) is 9.57 Å². The number of nitrogens with one attached hydrogen (secondary N) is 1. The van der Waals surface area contributed by atoms with E-state index in [1.165, 1.54) is 24.1 Å². The fourth-order valence-corrected chi connectivity index (χ4v) is 1.96. The maximum atomic E-state index is 13.9. The highest BCUT2D eigenvalue weighted by Gasteiger charge is 2.32. The first-order valence-corrected chi connectivity index (χ1v) is 6.18. The van der Waals surface area contributed by atoms with Gasteiger partial charge in [-0.25, -0.2) is 14.7 Å². The van der Waals surface area contributed by atoms with Crippen molar-refractivity contribution in [3.05, 3.63) is 40.0 Å². The second-order valence-corrected chi connectivity index (χ2v) is 4.33. The number of hydrogen-bond donors (Lipinski definition) is 1. The van der Waals surface area contributed by atoms with Crippen molar-refractivity contribution < 1.29 is 23.6 Å². The van der Waals surface area contributed by atoms with Crippen molar-refractivity contribution in [3.63, 3.8) is 0 Å². The number of hydrogen-bond acceptors (Lipinski definition) is 5. The average Bonchev–Trinajstić information content (AvgIpc) is 2.86. The number of rotatable bonds is 5. The predicted molar refractivity (Wildman–Crippen MR) is 72.5 cm³/mol. The number of ether oxygens (including phenoxy) is 1. The van der Waals surface area contributed by atoms with Gasteiger partial charge in [0, 0.05) is 4.91 Å². The molecule has 116 valence electrons. The lowest BCUT2D eigenvalue weighted by Crippen LogP contribution is -2.26. The minimum Gasteiger partial charge on any atom is -0.444 e. The van der Waals surface area contributed by atoms with Crippen LogP contribution in [0.1, 0.15) is 10.4 Å². The van der Waals surface area contributed by atoms with Crippen LogP contribution in [0.4, 0.5) is 14.9 Å². The molecule has 9 nitrogen and oxygen atoms in total. The van der Waals surface area contributed by atoms with Crippen LogP contribution in [0.2, 0.25) is 0 Å². The monoisotopic (exact) mass is 309 g/mol. The summed E-state index contributed by atoms with van der Waals surface area (Å²) in [5.41, 5.74) is 10.3. The topological polar surface area (TPSA) is 117 Å². The Hall–Kier alpha value is -2.84. The van der Waals surface area contributed by atoms with Crippen LogP contribution in [0.15, 0.2) is 23.3 Å². The van der Waals surface area contributed by atoms with E-state index >= 15 is 0 Å². The minimum atomic E-state index is -0.807. The Bertz CT molecular complexity index is 646. The minimum absolute atomic E-state index is 0.00441. The molecule has 1 atom stereocenters. The van der Waals surface area contributed by atoms with Gasteiger partial charge in [0.05, 0.1) is 31.5 Å². The second-order valence-electron chi connectivity index (χ2n) is 4.33. The average molecular weight is 309 g/mol. The Morgan fingerprint density at radius 3 is 3.09 bits per heavy atom. The fourth-order valence-electron chi connectivity index (χ4n) is 1.96. The molecule has 0 radical (unpaired) electrons. The molecule has 0 unspecified atom stereocenters. The molecule has 0 aliphatic carbocycles. The molecule has 1 aromatic rings. The first kappa shape index (κ1) is 15.5. The third-order valence-electron chi connectivity index (χ3n) is 2.93. The number of carbonyl (C=O) groups excluding carboxylic acids is 2. The van der Waals surface area contributed by atoms with Crippen LogP contribution in [0, 0.1) is 5.82 Å². The van der Waals surface area contributed by atoms with E-state index in [2.05, 4.69) is 14.9 Å². The van der Waals surface area contributed by atoms with E-state index < -0.39 is 23.9 Å². The normalized spacial score (nSPS) is 16.9. The third kappa shape index (κ3) is 3.25. The van der Waals surface area contributed by atoms with Gasteiger partial charge in [0.15, 0.2) is 0 Å². The lowest BCUT2D eigenvalue weighted by molar-refractivity contribution is 0.0533. The summed E-state index contributed by atoms with van der Waals surface area (Å²) in [5.74, 6) is -1.55. The van der Waals surface area contributed by atoms with Crippen molar-refractivity contribution in [3.8, 4) is 0 Å². The molecule has 0 bridgehead atoms. The van der Waals surface area contributed by atoms with Crippen LogP contribution < -0.4 is 10.4 Å². The van der Waals surface area contributed by atoms with Crippen molar-refractivity contribution in [1.29, 1.82) is 0 Å². The van der Waals surface area contributed by atoms with Gasteiger partial charge in [-0.2, -0.15) is 0 Å². The Morgan fingerprint density at radius 2 is 2.45 bits per heavy atom. The van der Waals surface area contributed by atoms with Crippen molar-refractivity contribution in [2.45, 2.75) is 6.10 Å². The number of halogens is 1. The molecule has 0 spiro atoms. The van der Waals surface area contributed by atoms with Gasteiger partial charge in [-0.1, -0.05) is 5.11 Å². The van der Waals surface area contributed by atoms with Crippen LogP contribution in [0.3, 0.4) is 0 Å². The molecule has 1 N–H and O–H groups in total. The smallest absolute Gasteiger partial charge is 0.414 e. The summed E-state index contributed by atoms with van der Waals surface area (Å²) in [4.78, 5) is 31.4. The zero-order valence-corrected chi connectivity index (χ0v) is 11.5. The van der Waals surface area contributed by atoms with Crippen LogP contribution in [0.25, 0.3) is 10.4 Å². The molecule has 1 aliphatic heterocycles. The number of anilines is 1. The number of azide groups is 1. The molecule has 2 amide bonds. The van der Waals surface area contributed by atoms with Gasteiger partial charge in [-0.05, 0) is 23.7 Å². The first-order valence-electron chi connectivity index (χ1n) is 6.18. The summed E-state index contributed by atoms with van der Waals surface area (Å²) in [6, 6.07) is 3.68. The quantitative estimate of drug-likeness (QED) is 0.386. The van der Waals surface area contributed by atoms with Crippen molar-refractivity contribution in [2.24, 2.45) is 5.11 Å². The standard InChI is InChI=1S/C12H12FN5O4/c1-21-16-11(19)9-3-2-7(4-10(9)13)18-6-8(5-15-17-14)22-12(18)20/h2-4,8H,5-6H2,1H3,(H,16,19)/t8-/m0/s1. The molecule has 1 aromatic carbocycles. The summed E-state index contributed by atoms with van der Waals surface area (Å²) >= 11 is 0. The lowest BCUT2D eigenvalue weighted by Gasteiger charge is -2.14. The molecule has 1 saturated heterocycles. The molecule has 0 aromatic heterocycles. The van der Waals surface area contributed by atoms with Crippen molar-refractivity contribution in [2.75, 3.05) is 25.1 Å². The molecule has 10 heteroatoms. The van der Waals surface area contributed by atoms with E-state index in [0.717, 1.165) is 6.07 Å². The zero-order chi connectivity index (χ0) is 16.1. The van der Waals surface area contributed by atoms with E-state index in [9.17, 15) is 14.0 Å². The summed E-state index contributed by atoms with van der Waals surface area (Å²) in [6.45, 7) is 0.121. The molecule has 1 heterocycles. The summed E-state index contributed by atoms with van der Waals surface area (Å²) in [7, 11) is 1.23. The molecule has 22 heavy (non-hydrogen) atoms. The molecule has 1 fully saturated rings. The number of hydroxylamine groups is 1. The Labute approximate surface area is 124 Å². The fraction of sp³-hybridized carbons (Fsp3) is 0.333. The molecule has 1 aliphatic rings. The van der Waals surface area contributed by atoms with Gasteiger partial charge in [-0.3, -0.25) is 14.5 Å². The number of cyclic esters (lactones) is 1. The summed E-state index contributed by atoms with van der Waals surface area (Å²) in [6.07, 6.45) is -1.27. The van der Waals surface area contributed by atoms with E-state index in [1.54, 1.807) is 0 Å². The highest BCUT2D eigenvalue weighted by Crippen LogP contribution is 2.24. The van der Waals surface area contributed by atoms with Gasteiger partial charge in [0.2, 0.25) is 0 Å². The van der Waals surface area contributed by atoms with E-state index in [4.69, 9.17) is 10.3 Å². The van der Waals surface area contributed by atoms with Gasteiger partial charge in [0.25, 0.3) is 5.91 Å². The van der Waals surface area contributed by atoms with E-state index in [-0.39, 0.29) is 24.3 Å². The number of benzene rings is 1. The molecular formula is C12H12FN5O4. The Kier molecular flexibility index (Phi) is 4.77. The largest absolute Gasteiger partial charge is 0.444 e. The van der Waals surface area contributed by atoms with E-state index in [1.807, 2.05) is 5.48 Å². The Morgan fingerprint density at radius 1 is 1.68 bits per heavy atom. The van der Waals surface area contributed by atoms with Gasteiger partial charge >= 0.3 is 6.09 Å². The molecule has 2 rings (SSSR count). The Balaban J connectivity index is 2.16. The number of amides is 2. The number of carbonyl (C=O) groups is 2. The third-order valence-corrected chi connectivity index (χ3v) is 2.93. The second kappa shape index (κ2) is 6.74. The SMILES string of the molecule is CONC(=O)c1ccc(N2C[C@H](CN=[N+]=[N-])OC2=O)cc1F. The van der Waals surface area contributed by atoms with Crippen molar-refractivity contribution in [1.82, 2.24) is 5.48 Å². The van der Waals surface area contributed by atoms with Gasteiger partial charge in [0.1, 0.15) is 11.9 Å². The van der Waals surface area contributed by atoms with Crippen LogP contribution in [-0.4, -0.2) is 38.3 Å². The summed E-state index contributed by atoms with van der Waals surface area (Å²) in [5, 5.41) is 3.33. The summed E-state index contributed by atoms with van der Waals surface area (Å²) < 4.78 is 18.9. The predicted octanol–water partition coefficient (Wildman–Crippen LogP) is 1.75. The van der Waals surface area contributed by atoms with Crippen LogP contribution in [0.5, 0.6) is 0 Å². The van der Waals surface area contributed by atoms with Gasteiger partial charge in [-0.15, -0.1) is 0 Å². The number of nitrogens with zero attached hydrogens (tertiary/aromatic N) is 4. The van der Waals surface area contributed by atoms with Crippen LogP contribution >= 0.6 is 0 Å². The molecule has 0 saturated carbocycles. The maximum absolute atomic E-state index is 13.9. The van der Waals surface area contributed by atoms with E-state index in [0.29, 0.717) is 0 Å².